The van der Waals surface area contributed by atoms with E-state index in [1.54, 1.807) is 0 Å². The minimum Gasteiger partial charge on any atom is -0.393 e. The van der Waals surface area contributed by atoms with Gasteiger partial charge in [-0.2, -0.15) is 5.10 Å². The highest BCUT2D eigenvalue weighted by atomic mass is 32.1. The van der Waals surface area contributed by atoms with Crippen molar-refractivity contribution < 1.29 is 5.11 Å². The number of aliphatic hydroxyl groups is 1. The van der Waals surface area contributed by atoms with Crippen molar-refractivity contribution in [3.05, 3.63) is 34.6 Å². The van der Waals surface area contributed by atoms with Gasteiger partial charge in [-0.25, -0.2) is 4.68 Å². The maximum atomic E-state index is 9.73. The zero-order valence-corrected chi connectivity index (χ0v) is 15.5. The van der Waals surface area contributed by atoms with Crippen LogP contribution in [-0.4, -0.2) is 43.5 Å². The van der Waals surface area contributed by atoms with Crippen LogP contribution in [0.3, 0.4) is 0 Å². The van der Waals surface area contributed by atoms with Crippen LogP contribution in [0, 0.1) is 17.6 Å². The molecule has 1 aliphatic heterocycles. The van der Waals surface area contributed by atoms with Gasteiger partial charge >= 0.3 is 0 Å². The van der Waals surface area contributed by atoms with Crippen LogP contribution in [-0.2, 0) is 13.7 Å². The number of hydrogen-bond donors (Lipinski definition) is 1. The Balaban J connectivity index is 1.75. The van der Waals surface area contributed by atoms with E-state index in [-0.39, 0.29) is 6.10 Å². The molecular weight excluding hydrogens is 320 g/mol. The molecule has 0 amide bonds. The van der Waals surface area contributed by atoms with Crippen molar-refractivity contribution >= 4 is 12.2 Å². The first kappa shape index (κ1) is 17.3. The number of aryl methyl sites for hydroxylation is 1. The lowest BCUT2D eigenvalue weighted by atomic mass is 9.92. The fourth-order valence-corrected chi connectivity index (χ4v) is 3.49. The van der Waals surface area contributed by atoms with Gasteiger partial charge in [0.2, 0.25) is 0 Å². The van der Waals surface area contributed by atoms with Crippen LogP contribution in [0.2, 0.25) is 0 Å². The predicted octanol–water partition coefficient (Wildman–Crippen LogP) is 2.98. The molecule has 1 N–H and O–H groups in total. The Morgan fingerprint density at radius 2 is 1.88 bits per heavy atom. The molecular formula is C18H26N4OS. The molecule has 1 unspecified atom stereocenters. The largest absolute Gasteiger partial charge is 0.393 e. The second-order valence-corrected chi connectivity index (χ2v) is 7.23. The standard InChI is InChI=1S/C18H26N4OS/c1-13-4-6-16(7-5-13)17-19-22(18(24)20(17)3)12-21-10-8-15(9-11-21)14(2)23/h4-7,14-15,23H,8-12H2,1-3H3. The third kappa shape index (κ3) is 3.61. The van der Waals surface area contributed by atoms with Crippen LogP contribution in [0.4, 0.5) is 0 Å². The van der Waals surface area contributed by atoms with Crippen molar-refractivity contribution in [2.24, 2.45) is 13.0 Å². The Kier molecular flexibility index (Phi) is 5.18. The number of hydrogen-bond acceptors (Lipinski definition) is 4. The summed E-state index contributed by atoms with van der Waals surface area (Å²) >= 11 is 5.57. The number of benzene rings is 1. The van der Waals surface area contributed by atoms with Gasteiger partial charge in [-0.15, -0.1) is 0 Å². The van der Waals surface area contributed by atoms with Crippen molar-refractivity contribution in [3.8, 4) is 11.4 Å². The fraction of sp³-hybridized carbons (Fsp3) is 0.556. The van der Waals surface area contributed by atoms with Gasteiger partial charge in [-0.1, -0.05) is 29.8 Å². The van der Waals surface area contributed by atoms with Gasteiger partial charge in [0.05, 0.1) is 12.8 Å². The Labute approximate surface area is 148 Å². The van der Waals surface area contributed by atoms with Gasteiger partial charge in [-0.3, -0.25) is 4.90 Å². The third-order valence-electron chi connectivity index (χ3n) is 5.00. The SMILES string of the molecule is Cc1ccc(-c2nn(CN3CCC(C(C)O)CC3)c(=S)n2C)cc1. The topological polar surface area (TPSA) is 46.2 Å². The summed E-state index contributed by atoms with van der Waals surface area (Å²) in [5.41, 5.74) is 2.32. The van der Waals surface area contributed by atoms with E-state index >= 15 is 0 Å². The molecule has 0 bridgehead atoms. The molecule has 1 aromatic carbocycles. The smallest absolute Gasteiger partial charge is 0.199 e. The maximum Gasteiger partial charge on any atom is 0.199 e. The number of aliphatic hydroxyl groups excluding tert-OH is 1. The zero-order chi connectivity index (χ0) is 17.3. The first-order chi connectivity index (χ1) is 11.5. The van der Waals surface area contributed by atoms with E-state index in [9.17, 15) is 5.11 Å². The molecule has 0 radical (unpaired) electrons. The molecule has 1 aliphatic rings. The fourth-order valence-electron chi connectivity index (χ4n) is 3.30. The summed E-state index contributed by atoms with van der Waals surface area (Å²) in [6.45, 7) is 6.65. The lowest BCUT2D eigenvalue weighted by molar-refractivity contribution is 0.0592. The summed E-state index contributed by atoms with van der Waals surface area (Å²) in [4.78, 5) is 2.36. The molecule has 0 saturated carbocycles. The Bertz CT molecular complexity index is 739. The molecule has 1 atom stereocenters. The van der Waals surface area contributed by atoms with Gasteiger partial charge in [0.25, 0.3) is 0 Å². The Hall–Kier alpha value is -1.50. The molecule has 0 spiro atoms. The van der Waals surface area contributed by atoms with Crippen molar-refractivity contribution in [2.45, 2.75) is 39.5 Å². The van der Waals surface area contributed by atoms with E-state index in [4.69, 9.17) is 17.3 Å². The average molecular weight is 347 g/mol. The van der Waals surface area contributed by atoms with Gasteiger partial charge in [0.1, 0.15) is 0 Å². The molecule has 2 heterocycles. The molecule has 2 aromatic rings. The minimum absolute atomic E-state index is 0.211. The first-order valence-electron chi connectivity index (χ1n) is 8.57. The van der Waals surface area contributed by atoms with E-state index in [1.807, 2.05) is 23.2 Å². The Morgan fingerprint density at radius 1 is 1.25 bits per heavy atom. The minimum atomic E-state index is -0.211. The highest BCUT2D eigenvalue weighted by Gasteiger charge is 2.23. The second-order valence-electron chi connectivity index (χ2n) is 6.87. The Morgan fingerprint density at radius 3 is 2.46 bits per heavy atom. The highest BCUT2D eigenvalue weighted by Crippen LogP contribution is 2.22. The molecule has 24 heavy (non-hydrogen) atoms. The van der Waals surface area contributed by atoms with Crippen molar-refractivity contribution in [1.29, 1.82) is 0 Å². The predicted molar refractivity (Wildman–Crippen MR) is 98.2 cm³/mol. The van der Waals surface area contributed by atoms with E-state index in [1.165, 1.54) is 5.56 Å². The lowest BCUT2D eigenvalue weighted by Gasteiger charge is -2.32. The molecule has 3 rings (SSSR count). The van der Waals surface area contributed by atoms with E-state index < -0.39 is 0 Å². The number of aromatic nitrogens is 3. The van der Waals surface area contributed by atoms with Crippen molar-refractivity contribution in [2.75, 3.05) is 13.1 Å². The van der Waals surface area contributed by atoms with E-state index in [2.05, 4.69) is 36.1 Å². The van der Waals surface area contributed by atoms with Crippen LogP contribution in [0.25, 0.3) is 11.4 Å². The van der Waals surface area contributed by atoms with E-state index in [0.717, 1.165) is 42.1 Å². The van der Waals surface area contributed by atoms with Gasteiger partial charge in [0.15, 0.2) is 10.6 Å². The van der Waals surface area contributed by atoms with Crippen LogP contribution in [0.5, 0.6) is 0 Å². The maximum absolute atomic E-state index is 9.73. The summed E-state index contributed by atoms with van der Waals surface area (Å²) in [6.07, 6.45) is 1.85. The monoisotopic (exact) mass is 346 g/mol. The molecule has 0 aliphatic carbocycles. The van der Waals surface area contributed by atoms with Crippen LogP contribution < -0.4 is 0 Å². The normalized spacial score (nSPS) is 18.0. The number of nitrogens with zero attached hydrogens (tertiary/aromatic N) is 4. The quantitative estimate of drug-likeness (QED) is 0.865. The van der Waals surface area contributed by atoms with Crippen molar-refractivity contribution in [3.63, 3.8) is 0 Å². The molecule has 130 valence electrons. The van der Waals surface area contributed by atoms with Gasteiger partial charge in [-0.05, 0) is 44.8 Å². The van der Waals surface area contributed by atoms with Gasteiger partial charge in [0, 0.05) is 25.7 Å². The highest BCUT2D eigenvalue weighted by molar-refractivity contribution is 7.71. The van der Waals surface area contributed by atoms with Crippen LogP contribution in [0.15, 0.2) is 24.3 Å². The average Bonchev–Trinajstić information content (AvgIpc) is 2.85. The van der Waals surface area contributed by atoms with E-state index in [0.29, 0.717) is 12.6 Å². The first-order valence-corrected chi connectivity index (χ1v) is 8.98. The summed E-state index contributed by atoms with van der Waals surface area (Å²) in [6, 6.07) is 8.37. The zero-order valence-electron chi connectivity index (χ0n) is 14.6. The second kappa shape index (κ2) is 7.17. The van der Waals surface area contributed by atoms with Crippen LogP contribution in [0.1, 0.15) is 25.3 Å². The molecule has 5 nitrogen and oxygen atoms in total. The lowest BCUT2D eigenvalue weighted by Crippen LogP contribution is -2.38. The van der Waals surface area contributed by atoms with Crippen molar-refractivity contribution in [1.82, 2.24) is 19.2 Å². The molecule has 6 heteroatoms. The summed E-state index contributed by atoms with van der Waals surface area (Å²) in [5.74, 6) is 1.32. The number of likely N-dealkylation sites (tertiary alicyclic amines) is 1. The molecule has 1 fully saturated rings. The summed E-state index contributed by atoms with van der Waals surface area (Å²) < 4.78 is 4.62. The number of piperidine rings is 1. The summed E-state index contributed by atoms with van der Waals surface area (Å²) in [7, 11) is 1.97. The van der Waals surface area contributed by atoms with Gasteiger partial charge < -0.3 is 9.67 Å². The number of rotatable bonds is 4. The third-order valence-corrected chi connectivity index (χ3v) is 5.48. The summed E-state index contributed by atoms with van der Waals surface area (Å²) in [5, 5.41) is 14.5. The van der Waals surface area contributed by atoms with Crippen LogP contribution >= 0.6 is 12.2 Å². The molecule has 1 aromatic heterocycles. The molecule has 1 saturated heterocycles.